The summed E-state index contributed by atoms with van der Waals surface area (Å²) in [6.45, 7) is 5.61. The molecule has 1 fully saturated rings. The molecule has 2 aromatic carbocycles. The Balaban J connectivity index is 1.49. The highest BCUT2D eigenvalue weighted by molar-refractivity contribution is 6.31. The van der Waals surface area contributed by atoms with Crippen LogP contribution in [-0.4, -0.2) is 53.8 Å². The van der Waals surface area contributed by atoms with Crippen molar-refractivity contribution in [3.05, 3.63) is 70.7 Å². The van der Waals surface area contributed by atoms with Crippen LogP contribution in [-0.2, 0) is 11.3 Å². The zero-order chi connectivity index (χ0) is 19.2. The fourth-order valence-electron chi connectivity index (χ4n) is 3.21. The van der Waals surface area contributed by atoms with Crippen molar-refractivity contribution >= 4 is 23.4 Å². The number of amides is 2. The second kappa shape index (κ2) is 9.02. The monoisotopic (exact) mass is 385 g/mol. The molecule has 2 amide bonds. The molecule has 1 heterocycles. The molecule has 142 valence electrons. The first-order valence-corrected chi connectivity index (χ1v) is 9.52. The predicted molar refractivity (Wildman–Crippen MR) is 107 cm³/mol. The van der Waals surface area contributed by atoms with Gasteiger partial charge in [0.05, 0.1) is 0 Å². The van der Waals surface area contributed by atoms with Crippen LogP contribution in [0.5, 0.6) is 0 Å². The normalized spacial score (nSPS) is 16.0. The number of hydrogen-bond donors (Lipinski definition) is 1. The first-order valence-electron chi connectivity index (χ1n) is 9.14. The molecule has 0 radical (unpaired) electrons. The molecular weight excluding hydrogens is 362 g/mol. The van der Waals surface area contributed by atoms with Crippen molar-refractivity contribution in [2.45, 2.75) is 19.5 Å². The van der Waals surface area contributed by atoms with Gasteiger partial charge in [0.15, 0.2) is 0 Å². The average molecular weight is 386 g/mol. The molecule has 0 unspecified atom stereocenters. The maximum Gasteiger partial charge on any atom is 0.251 e. The minimum absolute atomic E-state index is 0.0512. The minimum atomic E-state index is -0.572. The van der Waals surface area contributed by atoms with E-state index in [2.05, 4.69) is 22.3 Å². The van der Waals surface area contributed by atoms with Crippen LogP contribution in [0.15, 0.2) is 54.6 Å². The van der Waals surface area contributed by atoms with E-state index in [1.54, 1.807) is 31.2 Å². The lowest BCUT2D eigenvalue weighted by molar-refractivity contribution is -0.134. The quantitative estimate of drug-likeness (QED) is 0.861. The van der Waals surface area contributed by atoms with Crippen LogP contribution in [0.3, 0.4) is 0 Å². The largest absolute Gasteiger partial charge is 0.341 e. The van der Waals surface area contributed by atoms with Gasteiger partial charge in [-0.05, 0) is 30.7 Å². The molecule has 0 aliphatic carbocycles. The molecule has 0 spiro atoms. The molecular formula is C21H24ClN3O2. The van der Waals surface area contributed by atoms with E-state index >= 15 is 0 Å². The van der Waals surface area contributed by atoms with Crippen LogP contribution in [0.2, 0.25) is 5.02 Å². The number of rotatable bonds is 5. The summed E-state index contributed by atoms with van der Waals surface area (Å²) in [4.78, 5) is 29.1. The SMILES string of the molecule is C[C@H](NC(=O)c1cccc(Cl)c1)C(=O)N1CCN(Cc2ccccc2)CC1. The molecule has 0 saturated carbocycles. The van der Waals surface area contributed by atoms with Crippen molar-refractivity contribution in [3.8, 4) is 0 Å². The van der Waals surface area contributed by atoms with E-state index in [1.807, 2.05) is 23.1 Å². The smallest absolute Gasteiger partial charge is 0.251 e. The lowest BCUT2D eigenvalue weighted by Crippen LogP contribution is -2.53. The van der Waals surface area contributed by atoms with Crippen LogP contribution in [0, 0.1) is 0 Å². The summed E-state index contributed by atoms with van der Waals surface area (Å²) in [5.41, 5.74) is 1.73. The standard InChI is InChI=1S/C21H24ClN3O2/c1-16(23-20(26)18-8-5-9-19(22)14-18)21(27)25-12-10-24(11-13-25)15-17-6-3-2-4-7-17/h2-9,14,16H,10-13,15H2,1H3,(H,23,26)/t16-/m0/s1. The topological polar surface area (TPSA) is 52.7 Å². The molecule has 2 aromatic rings. The van der Waals surface area contributed by atoms with Gasteiger partial charge in [0.1, 0.15) is 6.04 Å². The number of piperazine rings is 1. The number of benzene rings is 2. The fraction of sp³-hybridized carbons (Fsp3) is 0.333. The first-order chi connectivity index (χ1) is 13.0. The molecule has 1 aliphatic rings. The van der Waals surface area contributed by atoms with Gasteiger partial charge < -0.3 is 10.2 Å². The summed E-state index contributed by atoms with van der Waals surface area (Å²) in [7, 11) is 0. The van der Waals surface area contributed by atoms with E-state index in [0.717, 1.165) is 19.6 Å². The highest BCUT2D eigenvalue weighted by Crippen LogP contribution is 2.12. The lowest BCUT2D eigenvalue weighted by atomic mass is 10.1. The van der Waals surface area contributed by atoms with Gasteiger partial charge in [0, 0.05) is 43.3 Å². The molecule has 0 bridgehead atoms. The van der Waals surface area contributed by atoms with Crippen molar-refractivity contribution in [1.29, 1.82) is 0 Å². The Hall–Kier alpha value is -2.37. The van der Waals surface area contributed by atoms with Gasteiger partial charge in [-0.3, -0.25) is 14.5 Å². The van der Waals surface area contributed by atoms with Crippen molar-refractivity contribution in [1.82, 2.24) is 15.1 Å². The second-order valence-electron chi connectivity index (χ2n) is 6.79. The summed E-state index contributed by atoms with van der Waals surface area (Å²) >= 11 is 5.92. The number of nitrogens with one attached hydrogen (secondary N) is 1. The summed E-state index contributed by atoms with van der Waals surface area (Å²) in [6.07, 6.45) is 0. The van der Waals surface area contributed by atoms with Gasteiger partial charge in [-0.2, -0.15) is 0 Å². The van der Waals surface area contributed by atoms with E-state index in [9.17, 15) is 9.59 Å². The molecule has 1 N–H and O–H groups in total. The maximum absolute atomic E-state index is 12.7. The predicted octanol–water partition coefficient (Wildman–Crippen LogP) is 2.80. The Morgan fingerprint density at radius 1 is 1.04 bits per heavy atom. The van der Waals surface area contributed by atoms with Gasteiger partial charge in [-0.25, -0.2) is 0 Å². The van der Waals surface area contributed by atoms with Gasteiger partial charge in [0.2, 0.25) is 5.91 Å². The average Bonchev–Trinajstić information content (AvgIpc) is 2.69. The van der Waals surface area contributed by atoms with Crippen molar-refractivity contribution in [2.24, 2.45) is 0 Å². The molecule has 1 saturated heterocycles. The Morgan fingerprint density at radius 2 is 1.74 bits per heavy atom. The molecule has 6 heteroatoms. The molecule has 1 atom stereocenters. The van der Waals surface area contributed by atoms with E-state index in [-0.39, 0.29) is 11.8 Å². The minimum Gasteiger partial charge on any atom is -0.341 e. The van der Waals surface area contributed by atoms with E-state index in [1.165, 1.54) is 5.56 Å². The van der Waals surface area contributed by atoms with Crippen molar-refractivity contribution in [2.75, 3.05) is 26.2 Å². The lowest BCUT2D eigenvalue weighted by Gasteiger charge is -2.36. The van der Waals surface area contributed by atoms with E-state index < -0.39 is 6.04 Å². The van der Waals surface area contributed by atoms with Crippen LogP contribution in [0.25, 0.3) is 0 Å². The zero-order valence-electron chi connectivity index (χ0n) is 15.4. The second-order valence-corrected chi connectivity index (χ2v) is 7.23. The number of hydrogen-bond acceptors (Lipinski definition) is 3. The van der Waals surface area contributed by atoms with Crippen LogP contribution < -0.4 is 5.32 Å². The third-order valence-corrected chi connectivity index (χ3v) is 4.97. The van der Waals surface area contributed by atoms with Gasteiger partial charge in [-0.1, -0.05) is 48.0 Å². The van der Waals surface area contributed by atoms with Crippen LogP contribution in [0.1, 0.15) is 22.8 Å². The van der Waals surface area contributed by atoms with Crippen LogP contribution >= 0.6 is 11.6 Å². The summed E-state index contributed by atoms with van der Waals surface area (Å²) < 4.78 is 0. The summed E-state index contributed by atoms with van der Waals surface area (Å²) in [6, 6.07) is 16.5. The molecule has 3 rings (SSSR count). The third kappa shape index (κ3) is 5.31. The summed E-state index contributed by atoms with van der Waals surface area (Å²) in [5, 5.41) is 3.27. The number of carbonyl (C=O) groups is 2. The first kappa shape index (κ1) is 19.4. The van der Waals surface area contributed by atoms with Crippen molar-refractivity contribution < 1.29 is 9.59 Å². The van der Waals surface area contributed by atoms with Gasteiger partial charge in [0.25, 0.3) is 5.91 Å². The Labute approximate surface area is 164 Å². The van der Waals surface area contributed by atoms with Gasteiger partial charge >= 0.3 is 0 Å². The van der Waals surface area contributed by atoms with Crippen LogP contribution in [0.4, 0.5) is 0 Å². The molecule has 27 heavy (non-hydrogen) atoms. The Bertz CT molecular complexity index is 789. The zero-order valence-corrected chi connectivity index (χ0v) is 16.2. The molecule has 5 nitrogen and oxygen atoms in total. The Kier molecular flexibility index (Phi) is 6.48. The van der Waals surface area contributed by atoms with E-state index in [0.29, 0.717) is 23.7 Å². The maximum atomic E-state index is 12.7. The van der Waals surface area contributed by atoms with Crippen molar-refractivity contribution in [3.63, 3.8) is 0 Å². The number of nitrogens with zero attached hydrogens (tertiary/aromatic N) is 2. The number of halogens is 1. The highest BCUT2D eigenvalue weighted by atomic mass is 35.5. The third-order valence-electron chi connectivity index (χ3n) is 4.74. The fourth-order valence-corrected chi connectivity index (χ4v) is 3.40. The van der Waals surface area contributed by atoms with E-state index in [4.69, 9.17) is 11.6 Å². The summed E-state index contributed by atoms with van der Waals surface area (Å²) in [5.74, 6) is -0.342. The highest BCUT2D eigenvalue weighted by Gasteiger charge is 2.26. The molecule has 1 aliphatic heterocycles. The molecule has 0 aromatic heterocycles. The van der Waals surface area contributed by atoms with Gasteiger partial charge in [-0.15, -0.1) is 0 Å². The number of carbonyl (C=O) groups excluding carboxylic acids is 2. The Morgan fingerprint density at radius 3 is 2.41 bits per heavy atom.